The largest absolute Gasteiger partial charge is 0.398 e. The van der Waals surface area contributed by atoms with E-state index in [9.17, 15) is 8.42 Å². The minimum Gasteiger partial charge on any atom is -0.398 e. The molecular weight excluding hydrogens is 300 g/mol. The third-order valence-electron chi connectivity index (χ3n) is 2.75. The number of anilines is 2. The number of nitrogen functional groups attached to an aromatic ring is 1. The van der Waals surface area contributed by atoms with Crippen molar-refractivity contribution in [1.82, 2.24) is 9.78 Å². The maximum atomic E-state index is 12.4. The van der Waals surface area contributed by atoms with Gasteiger partial charge in [-0.2, -0.15) is 5.10 Å². The van der Waals surface area contributed by atoms with Crippen LogP contribution in [-0.4, -0.2) is 18.2 Å². The Bertz CT molecular complexity index is 720. The summed E-state index contributed by atoms with van der Waals surface area (Å²) in [6.07, 6.45) is 2.21. The van der Waals surface area contributed by atoms with Gasteiger partial charge in [-0.15, -0.1) is 0 Å². The normalized spacial score (nSPS) is 11.6. The molecule has 0 unspecified atom stereocenters. The van der Waals surface area contributed by atoms with Gasteiger partial charge in [-0.3, -0.25) is 9.40 Å². The zero-order chi connectivity index (χ0) is 14.9. The fourth-order valence-corrected chi connectivity index (χ4v) is 3.64. The third-order valence-corrected chi connectivity index (χ3v) is 4.66. The second-order valence-electron chi connectivity index (χ2n) is 4.28. The molecule has 0 saturated heterocycles. The van der Waals surface area contributed by atoms with Crippen molar-refractivity contribution in [2.24, 2.45) is 7.05 Å². The summed E-state index contributed by atoms with van der Waals surface area (Å²) in [5, 5.41) is 4.26. The van der Waals surface area contributed by atoms with Crippen LogP contribution in [0.4, 0.5) is 11.4 Å². The van der Waals surface area contributed by atoms with Gasteiger partial charge in [0.1, 0.15) is 4.90 Å². The Hall–Kier alpha value is -1.73. The first-order chi connectivity index (χ1) is 9.35. The highest BCUT2D eigenvalue weighted by Crippen LogP contribution is 2.29. The highest BCUT2D eigenvalue weighted by molar-refractivity contribution is 7.93. The standard InChI is InChI=1S/C12H15ClN4O2S/c1-3-10-11(7-17(2)15-10)16-20(18,19)12-8(13)5-4-6-9(12)14/h4-7,16H,3,14H2,1-2H3. The van der Waals surface area contributed by atoms with E-state index in [0.717, 1.165) is 0 Å². The van der Waals surface area contributed by atoms with Gasteiger partial charge >= 0.3 is 0 Å². The van der Waals surface area contributed by atoms with Gasteiger partial charge in [-0.05, 0) is 18.6 Å². The Labute approximate surface area is 122 Å². The summed E-state index contributed by atoms with van der Waals surface area (Å²) in [7, 11) is -2.13. The zero-order valence-electron chi connectivity index (χ0n) is 11.1. The predicted molar refractivity (Wildman–Crippen MR) is 79.3 cm³/mol. The second kappa shape index (κ2) is 5.34. The van der Waals surface area contributed by atoms with Crippen LogP contribution in [0.1, 0.15) is 12.6 Å². The number of benzene rings is 1. The van der Waals surface area contributed by atoms with Gasteiger partial charge in [0.05, 0.1) is 22.1 Å². The molecule has 0 atom stereocenters. The van der Waals surface area contributed by atoms with Crippen molar-refractivity contribution < 1.29 is 8.42 Å². The summed E-state index contributed by atoms with van der Waals surface area (Å²) in [5.41, 5.74) is 6.90. The van der Waals surface area contributed by atoms with Crippen molar-refractivity contribution in [3.63, 3.8) is 0 Å². The number of aromatic nitrogens is 2. The van der Waals surface area contributed by atoms with E-state index in [1.807, 2.05) is 6.92 Å². The molecule has 1 aromatic carbocycles. The van der Waals surface area contributed by atoms with Crippen LogP contribution in [0.3, 0.4) is 0 Å². The van der Waals surface area contributed by atoms with Crippen LogP contribution in [0.5, 0.6) is 0 Å². The maximum absolute atomic E-state index is 12.4. The number of hydrogen-bond acceptors (Lipinski definition) is 4. The molecule has 0 fully saturated rings. The molecule has 0 bridgehead atoms. The van der Waals surface area contributed by atoms with E-state index < -0.39 is 10.0 Å². The number of nitrogens with zero attached hydrogens (tertiary/aromatic N) is 2. The monoisotopic (exact) mass is 314 g/mol. The molecule has 0 aliphatic heterocycles. The highest BCUT2D eigenvalue weighted by Gasteiger charge is 2.23. The van der Waals surface area contributed by atoms with Crippen LogP contribution in [0.15, 0.2) is 29.3 Å². The average Bonchev–Trinajstić information content (AvgIpc) is 2.67. The molecule has 0 aliphatic rings. The van der Waals surface area contributed by atoms with Gasteiger partial charge in [0, 0.05) is 13.2 Å². The molecule has 0 spiro atoms. The Balaban J connectivity index is 2.46. The average molecular weight is 315 g/mol. The first kappa shape index (κ1) is 14.7. The van der Waals surface area contributed by atoms with E-state index >= 15 is 0 Å². The van der Waals surface area contributed by atoms with Crippen LogP contribution in [0, 0.1) is 0 Å². The molecule has 20 heavy (non-hydrogen) atoms. The molecule has 3 N–H and O–H groups in total. The molecule has 6 nitrogen and oxygen atoms in total. The molecule has 0 aliphatic carbocycles. The molecule has 1 heterocycles. The lowest BCUT2D eigenvalue weighted by molar-refractivity contribution is 0.601. The lowest BCUT2D eigenvalue weighted by Gasteiger charge is -2.11. The van der Waals surface area contributed by atoms with Crippen LogP contribution in [0.25, 0.3) is 0 Å². The third kappa shape index (κ3) is 2.73. The molecule has 0 amide bonds. The van der Waals surface area contributed by atoms with Crippen molar-refractivity contribution in [2.75, 3.05) is 10.5 Å². The number of rotatable bonds is 4. The smallest absolute Gasteiger partial charge is 0.265 e. The number of halogens is 1. The fourth-order valence-electron chi connectivity index (χ4n) is 1.89. The van der Waals surface area contributed by atoms with E-state index in [-0.39, 0.29) is 15.6 Å². The summed E-state index contributed by atoms with van der Waals surface area (Å²) in [6.45, 7) is 1.89. The fraction of sp³-hybridized carbons (Fsp3) is 0.250. The summed E-state index contributed by atoms with van der Waals surface area (Å²) >= 11 is 5.94. The quantitative estimate of drug-likeness (QED) is 0.845. The van der Waals surface area contributed by atoms with Crippen LogP contribution < -0.4 is 10.5 Å². The van der Waals surface area contributed by atoms with Crippen molar-refractivity contribution in [2.45, 2.75) is 18.2 Å². The van der Waals surface area contributed by atoms with Gasteiger partial charge in [-0.25, -0.2) is 8.42 Å². The molecule has 0 saturated carbocycles. The molecule has 108 valence electrons. The molecule has 2 rings (SSSR count). The Morgan fingerprint density at radius 3 is 2.75 bits per heavy atom. The SMILES string of the molecule is CCc1nn(C)cc1NS(=O)(=O)c1c(N)cccc1Cl. The highest BCUT2D eigenvalue weighted by atomic mass is 35.5. The Morgan fingerprint density at radius 2 is 2.15 bits per heavy atom. The number of nitrogens with two attached hydrogens (primary N) is 1. The lowest BCUT2D eigenvalue weighted by atomic mass is 10.3. The number of nitrogens with one attached hydrogen (secondary N) is 1. The number of sulfonamides is 1. The van der Waals surface area contributed by atoms with E-state index in [1.54, 1.807) is 24.0 Å². The molecular formula is C12H15ClN4O2S. The summed E-state index contributed by atoms with van der Waals surface area (Å²) in [5.74, 6) is 0. The predicted octanol–water partition coefficient (Wildman–Crippen LogP) is 2.02. The van der Waals surface area contributed by atoms with Gasteiger partial charge in [0.2, 0.25) is 0 Å². The van der Waals surface area contributed by atoms with Gasteiger partial charge in [0.15, 0.2) is 0 Å². The maximum Gasteiger partial charge on any atom is 0.265 e. The van der Waals surface area contributed by atoms with E-state index in [1.165, 1.54) is 12.1 Å². The van der Waals surface area contributed by atoms with Crippen molar-refractivity contribution in [3.05, 3.63) is 35.1 Å². The van der Waals surface area contributed by atoms with E-state index in [2.05, 4.69) is 9.82 Å². The lowest BCUT2D eigenvalue weighted by Crippen LogP contribution is -2.16. The van der Waals surface area contributed by atoms with Gasteiger partial charge in [0.25, 0.3) is 10.0 Å². The van der Waals surface area contributed by atoms with Gasteiger partial charge in [-0.1, -0.05) is 24.6 Å². The number of hydrogen-bond donors (Lipinski definition) is 2. The minimum atomic E-state index is -3.85. The van der Waals surface area contributed by atoms with Crippen LogP contribution >= 0.6 is 11.6 Å². The molecule has 8 heteroatoms. The first-order valence-corrected chi connectivity index (χ1v) is 7.80. The van der Waals surface area contributed by atoms with Crippen LogP contribution in [-0.2, 0) is 23.5 Å². The second-order valence-corrected chi connectivity index (χ2v) is 6.31. The molecule has 0 radical (unpaired) electrons. The Kier molecular flexibility index (Phi) is 3.92. The topological polar surface area (TPSA) is 90.0 Å². The molecule has 2 aromatic rings. The van der Waals surface area contributed by atoms with Crippen LogP contribution in [0.2, 0.25) is 5.02 Å². The van der Waals surface area contributed by atoms with Crippen molar-refractivity contribution >= 4 is 33.0 Å². The first-order valence-electron chi connectivity index (χ1n) is 5.94. The molecule has 1 aromatic heterocycles. The zero-order valence-corrected chi connectivity index (χ0v) is 12.7. The summed E-state index contributed by atoms with van der Waals surface area (Å²) in [4.78, 5) is -0.118. The van der Waals surface area contributed by atoms with Crippen molar-refractivity contribution in [3.8, 4) is 0 Å². The number of aryl methyl sites for hydroxylation is 2. The summed E-state index contributed by atoms with van der Waals surface area (Å²) < 4.78 is 28.8. The van der Waals surface area contributed by atoms with Gasteiger partial charge < -0.3 is 5.73 Å². The van der Waals surface area contributed by atoms with E-state index in [4.69, 9.17) is 17.3 Å². The van der Waals surface area contributed by atoms with Crippen molar-refractivity contribution in [1.29, 1.82) is 0 Å². The van der Waals surface area contributed by atoms with E-state index in [0.29, 0.717) is 17.8 Å². The Morgan fingerprint density at radius 1 is 1.45 bits per heavy atom. The minimum absolute atomic E-state index is 0.0828. The summed E-state index contributed by atoms with van der Waals surface area (Å²) in [6, 6.07) is 4.57.